The van der Waals surface area contributed by atoms with Crippen LogP contribution in [0.3, 0.4) is 0 Å². The summed E-state index contributed by atoms with van der Waals surface area (Å²) in [4.78, 5) is 29.9. The molecular formula is C26H22N2O4. The number of benzene rings is 3. The number of rotatable bonds is 6. The van der Waals surface area contributed by atoms with Crippen molar-refractivity contribution < 1.29 is 19.4 Å². The van der Waals surface area contributed by atoms with E-state index in [0.29, 0.717) is 27.7 Å². The highest BCUT2D eigenvalue weighted by molar-refractivity contribution is 5.94. The van der Waals surface area contributed by atoms with Crippen LogP contribution in [0.25, 0.3) is 22.2 Å². The Labute approximate surface area is 185 Å². The number of methoxy groups -OCH3 is 1. The van der Waals surface area contributed by atoms with E-state index in [-0.39, 0.29) is 12.2 Å². The third-order valence-electron chi connectivity index (χ3n) is 5.23. The monoisotopic (exact) mass is 426 g/mol. The minimum absolute atomic E-state index is 0.0561. The average Bonchev–Trinajstić information content (AvgIpc) is 2.84. The van der Waals surface area contributed by atoms with E-state index in [1.165, 1.54) is 7.11 Å². The highest BCUT2D eigenvalue weighted by Crippen LogP contribution is 2.35. The van der Waals surface area contributed by atoms with Gasteiger partial charge in [-0.2, -0.15) is 0 Å². The van der Waals surface area contributed by atoms with Crippen LogP contribution in [-0.2, 0) is 20.7 Å². The number of pyridine rings is 1. The molecule has 0 bridgehead atoms. The summed E-state index contributed by atoms with van der Waals surface area (Å²) in [5, 5.41) is 14.5. The third kappa shape index (κ3) is 4.30. The first-order valence-electron chi connectivity index (χ1n) is 10.2. The number of aromatic nitrogens is 1. The number of carbonyl (C=O) groups is 2. The Kier molecular flexibility index (Phi) is 6.12. The highest BCUT2D eigenvalue weighted by Gasteiger charge is 2.25. The second-order valence-corrected chi connectivity index (χ2v) is 7.28. The van der Waals surface area contributed by atoms with Crippen molar-refractivity contribution >= 4 is 22.8 Å². The number of aromatic hydroxyl groups is 1. The molecule has 0 saturated carbocycles. The number of hydrogen-bond acceptors (Lipinski definition) is 5. The Morgan fingerprint density at radius 3 is 2.25 bits per heavy atom. The Hall–Kier alpha value is -4.19. The molecule has 160 valence electrons. The van der Waals surface area contributed by atoms with Crippen LogP contribution in [0.5, 0.6) is 5.75 Å². The normalized spacial score (nSPS) is 11.7. The van der Waals surface area contributed by atoms with Crippen molar-refractivity contribution in [2.24, 2.45) is 0 Å². The molecular weight excluding hydrogens is 404 g/mol. The summed E-state index contributed by atoms with van der Waals surface area (Å²) in [6.45, 7) is 0. The Morgan fingerprint density at radius 2 is 1.56 bits per heavy atom. The quantitative estimate of drug-likeness (QED) is 0.452. The van der Waals surface area contributed by atoms with Gasteiger partial charge in [-0.15, -0.1) is 0 Å². The summed E-state index contributed by atoms with van der Waals surface area (Å²) in [5.41, 5.74) is 2.87. The maximum Gasteiger partial charge on any atom is 0.333 e. The summed E-state index contributed by atoms with van der Waals surface area (Å²) in [6, 6.07) is 24.6. The minimum atomic E-state index is -0.947. The van der Waals surface area contributed by atoms with Crippen LogP contribution in [0.2, 0.25) is 0 Å². The van der Waals surface area contributed by atoms with Crippen molar-refractivity contribution in [1.29, 1.82) is 0 Å². The first-order chi connectivity index (χ1) is 15.6. The van der Waals surface area contributed by atoms with Gasteiger partial charge in [0.15, 0.2) is 6.04 Å². The van der Waals surface area contributed by atoms with E-state index in [2.05, 4.69) is 10.3 Å². The van der Waals surface area contributed by atoms with Gasteiger partial charge >= 0.3 is 5.97 Å². The Bertz CT molecular complexity index is 1260. The number of hydrogen-bond donors (Lipinski definition) is 2. The largest absolute Gasteiger partial charge is 0.505 e. The van der Waals surface area contributed by atoms with Gasteiger partial charge in [0.25, 0.3) is 0 Å². The molecule has 0 saturated heterocycles. The molecule has 1 aromatic heterocycles. The van der Waals surface area contributed by atoms with Gasteiger partial charge in [0.05, 0.1) is 19.0 Å². The lowest BCUT2D eigenvalue weighted by Gasteiger charge is -2.18. The molecule has 0 aliphatic carbocycles. The summed E-state index contributed by atoms with van der Waals surface area (Å²) in [5.74, 6) is -1.05. The molecule has 1 heterocycles. The van der Waals surface area contributed by atoms with Gasteiger partial charge in [0.2, 0.25) is 5.91 Å². The summed E-state index contributed by atoms with van der Waals surface area (Å²) >= 11 is 0. The highest BCUT2D eigenvalue weighted by atomic mass is 16.5. The summed E-state index contributed by atoms with van der Waals surface area (Å²) in [6.07, 6.45) is -0.130. The minimum Gasteiger partial charge on any atom is -0.505 e. The Morgan fingerprint density at radius 1 is 0.938 bits per heavy atom. The molecule has 0 aliphatic rings. The maximum absolute atomic E-state index is 13.0. The zero-order chi connectivity index (χ0) is 22.5. The molecule has 0 aliphatic heterocycles. The number of fused-ring (bicyclic) bond motifs is 1. The molecule has 3 aromatic carbocycles. The first kappa shape index (κ1) is 21.1. The van der Waals surface area contributed by atoms with Gasteiger partial charge in [-0.1, -0.05) is 78.9 Å². The molecule has 6 heteroatoms. The summed E-state index contributed by atoms with van der Waals surface area (Å²) < 4.78 is 4.88. The fourth-order valence-corrected chi connectivity index (χ4v) is 3.66. The third-order valence-corrected chi connectivity index (χ3v) is 5.23. The van der Waals surface area contributed by atoms with E-state index in [4.69, 9.17) is 4.74 Å². The van der Waals surface area contributed by atoms with Gasteiger partial charge in [0.1, 0.15) is 11.4 Å². The Balaban J connectivity index is 1.71. The zero-order valence-electron chi connectivity index (χ0n) is 17.5. The van der Waals surface area contributed by atoms with Crippen molar-refractivity contribution in [1.82, 2.24) is 10.3 Å². The molecule has 0 radical (unpaired) electrons. The second kappa shape index (κ2) is 9.31. The summed E-state index contributed by atoms with van der Waals surface area (Å²) in [7, 11) is 1.28. The van der Waals surface area contributed by atoms with E-state index in [1.807, 2.05) is 60.7 Å². The lowest BCUT2D eigenvalue weighted by atomic mass is 9.99. The molecule has 32 heavy (non-hydrogen) atoms. The smallest absolute Gasteiger partial charge is 0.333 e. The van der Waals surface area contributed by atoms with Crippen LogP contribution in [-0.4, -0.2) is 29.1 Å². The van der Waals surface area contributed by atoms with Crippen molar-refractivity contribution in [2.45, 2.75) is 12.5 Å². The van der Waals surface area contributed by atoms with E-state index in [9.17, 15) is 14.7 Å². The fraction of sp³-hybridized carbons (Fsp3) is 0.115. The van der Waals surface area contributed by atoms with Crippen molar-refractivity contribution in [2.75, 3.05) is 7.11 Å². The van der Waals surface area contributed by atoms with Gasteiger partial charge in [-0.3, -0.25) is 4.79 Å². The van der Waals surface area contributed by atoms with Gasteiger partial charge in [-0.25, -0.2) is 9.78 Å². The van der Waals surface area contributed by atoms with Crippen LogP contribution in [0.1, 0.15) is 17.2 Å². The number of nitrogens with zero attached hydrogens (tertiary/aromatic N) is 1. The molecule has 4 aromatic rings. The molecule has 1 amide bonds. The van der Waals surface area contributed by atoms with Crippen LogP contribution in [0.15, 0.2) is 84.9 Å². The molecule has 2 N–H and O–H groups in total. The maximum atomic E-state index is 13.0. The van der Waals surface area contributed by atoms with Gasteiger partial charge in [-0.05, 0) is 11.6 Å². The lowest BCUT2D eigenvalue weighted by Crippen LogP contribution is -2.35. The van der Waals surface area contributed by atoms with Crippen LogP contribution >= 0.6 is 0 Å². The number of esters is 1. The second-order valence-electron chi connectivity index (χ2n) is 7.28. The fourth-order valence-electron chi connectivity index (χ4n) is 3.66. The number of amides is 1. The molecule has 6 nitrogen and oxygen atoms in total. The van der Waals surface area contributed by atoms with Crippen LogP contribution in [0.4, 0.5) is 0 Å². The van der Waals surface area contributed by atoms with Crippen molar-refractivity contribution in [3.63, 3.8) is 0 Å². The SMILES string of the molecule is COC(=O)[C@H](NC(=O)Cc1c(O)c(-c2ccccc2)nc2ccccc12)c1ccccc1. The van der Waals surface area contributed by atoms with E-state index < -0.39 is 17.9 Å². The number of nitrogens with one attached hydrogen (secondary N) is 1. The molecule has 0 unspecified atom stereocenters. The molecule has 4 rings (SSSR count). The predicted molar refractivity (Wildman–Crippen MR) is 122 cm³/mol. The van der Waals surface area contributed by atoms with E-state index in [0.717, 1.165) is 5.56 Å². The topological polar surface area (TPSA) is 88.5 Å². The number of para-hydroxylation sites is 1. The van der Waals surface area contributed by atoms with E-state index >= 15 is 0 Å². The van der Waals surface area contributed by atoms with Crippen LogP contribution in [0, 0.1) is 0 Å². The van der Waals surface area contributed by atoms with Crippen molar-refractivity contribution in [3.05, 3.63) is 96.1 Å². The van der Waals surface area contributed by atoms with Gasteiger partial charge < -0.3 is 15.2 Å². The lowest BCUT2D eigenvalue weighted by molar-refractivity contribution is -0.145. The predicted octanol–water partition coefficient (Wildman–Crippen LogP) is 4.18. The van der Waals surface area contributed by atoms with Crippen LogP contribution < -0.4 is 5.32 Å². The number of carbonyl (C=O) groups excluding carboxylic acids is 2. The molecule has 0 spiro atoms. The van der Waals surface area contributed by atoms with Gasteiger partial charge in [0, 0.05) is 16.5 Å². The first-order valence-corrected chi connectivity index (χ1v) is 10.2. The van der Waals surface area contributed by atoms with E-state index in [1.54, 1.807) is 24.3 Å². The average molecular weight is 426 g/mol. The molecule has 0 fully saturated rings. The molecule has 1 atom stereocenters. The zero-order valence-corrected chi connectivity index (χ0v) is 17.5. The standard InChI is InChI=1S/C26H22N2O4/c1-32-26(31)24(18-12-6-3-7-13-18)28-22(29)16-20-19-14-8-9-15-21(19)27-23(25(20)30)17-10-4-2-5-11-17/h2-15,24,30H,16H2,1H3,(H,28,29)/t24-/m1/s1. The number of ether oxygens (including phenoxy) is 1. The van der Waals surface area contributed by atoms with Crippen molar-refractivity contribution in [3.8, 4) is 17.0 Å².